The number of nitrogens with zero attached hydrogens (tertiary/aromatic N) is 1. The van der Waals surface area contributed by atoms with E-state index in [2.05, 4.69) is 5.32 Å². The van der Waals surface area contributed by atoms with Gasteiger partial charge < -0.3 is 15.0 Å². The van der Waals surface area contributed by atoms with Gasteiger partial charge in [-0.25, -0.2) is 0 Å². The summed E-state index contributed by atoms with van der Waals surface area (Å²) < 4.78 is 5.60. The fraction of sp³-hybridized carbons (Fsp3) is 0.300. The van der Waals surface area contributed by atoms with Crippen LogP contribution in [0.3, 0.4) is 0 Å². The van der Waals surface area contributed by atoms with E-state index in [9.17, 15) is 9.59 Å². The Morgan fingerprint density at radius 3 is 2.24 bits per heavy atom. The number of ether oxygens (including phenoxy) is 1. The molecule has 0 aliphatic carbocycles. The lowest BCUT2D eigenvalue weighted by Gasteiger charge is -2.21. The fourth-order valence-corrected chi connectivity index (χ4v) is 2.36. The third kappa shape index (κ3) is 5.95. The lowest BCUT2D eigenvalue weighted by atomic mass is 10.2. The van der Waals surface area contributed by atoms with E-state index in [1.165, 1.54) is 11.8 Å². The lowest BCUT2D eigenvalue weighted by molar-refractivity contribution is -0.123. The number of hydrogen-bond acceptors (Lipinski definition) is 3. The summed E-state index contributed by atoms with van der Waals surface area (Å²) in [4.78, 5) is 25.6. The standard InChI is InChI=1S/C20H24N2O3/c1-15(2)25-19-11-9-18(10-12-19)22(16(3)23)14-20(24)21-13-17-7-5-4-6-8-17/h4-12,15H,13-14H2,1-3H3,(H,21,24). The summed E-state index contributed by atoms with van der Waals surface area (Å²) in [5.41, 5.74) is 1.68. The average Bonchev–Trinajstić information content (AvgIpc) is 2.59. The van der Waals surface area contributed by atoms with Crippen LogP contribution in [0.4, 0.5) is 5.69 Å². The number of rotatable bonds is 7. The molecule has 0 aromatic heterocycles. The van der Waals surface area contributed by atoms with Crippen molar-refractivity contribution in [2.24, 2.45) is 0 Å². The minimum atomic E-state index is -0.207. The maximum atomic E-state index is 12.2. The highest BCUT2D eigenvalue weighted by atomic mass is 16.5. The fourth-order valence-electron chi connectivity index (χ4n) is 2.36. The molecule has 0 saturated heterocycles. The van der Waals surface area contributed by atoms with Crippen LogP contribution in [0.25, 0.3) is 0 Å². The maximum absolute atomic E-state index is 12.2. The van der Waals surface area contributed by atoms with E-state index >= 15 is 0 Å². The van der Waals surface area contributed by atoms with E-state index in [0.29, 0.717) is 12.2 Å². The van der Waals surface area contributed by atoms with Crippen LogP contribution in [0, 0.1) is 0 Å². The predicted octanol–water partition coefficient (Wildman–Crippen LogP) is 3.14. The molecule has 0 fully saturated rings. The Labute approximate surface area is 148 Å². The number of benzene rings is 2. The molecule has 0 unspecified atom stereocenters. The second-order valence-corrected chi connectivity index (χ2v) is 6.03. The van der Waals surface area contributed by atoms with Crippen LogP contribution >= 0.6 is 0 Å². The number of hydrogen-bond donors (Lipinski definition) is 1. The zero-order chi connectivity index (χ0) is 18.2. The van der Waals surface area contributed by atoms with Gasteiger partial charge in [-0.2, -0.15) is 0 Å². The lowest BCUT2D eigenvalue weighted by Crippen LogP contribution is -2.39. The zero-order valence-electron chi connectivity index (χ0n) is 14.9. The number of carbonyl (C=O) groups excluding carboxylic acids is 2. The smallest absolute Gasteiger partial charge is 0.240 e. The molecule has 2 rings (SSSR count). The minimum absolute atomic E-state index is 0.0213. The van der Waals surface area contributed by atoms with Crippen molar-refractivity contribution in [1.29, 1.82) is 0 Å². The Morgan fingerprint density at radius 2 is 1.68 bits per heavy atom. The monoisotopic (exact) mass is 340 g/mol. The molecule has 2 aromatic rings. The van der Waals surface area contributed by atoms with Crippen molar-refractivity contribution in [3.63, 3.8) is 0 Å². The van der Waals surface area contributed by atoms with E-state index in [1.807, 2.05) is 44.2 Å². The van der Waals surface area contributed by atoms with E-state index in [0.717, 1.165) is 11.3 Å². The Morgan fingerprint density at radius 1 is 1.04 bits per heavy atom. The molecule has 0 radical (unpaired) electrons. The summed E-state index contributed by atoms with van der Waals surface area (Å²) in [5.74, 6) is 0.338. The van der Waals surface area contributed by atoms with Crippen molar-refractivity contribution in [2.75, 3.05) is 11.4 Å². The quantitative estimate of drug-likeness (QED) is 0.842. The largest absolute Gasteiger partial charge is 0.491 e. The Hall–Kier alpha value is -2.82. The van der Waals surface area contributed by atoms with Crippen LogP contribution in [0.1, 0.15) is 26.3 Å². The van der Waals surface area contributed by atoms with Crippen LogP contribution in [0.2, 0.25) is 0 Å². The first-order valence-corrected chi connectivity index (χ1v) is 8.31. The van der Waals surface area contributed by atoms with Crippen molar-refractivity contribution < 1.29 is 14.3 Å². The van der Waals surface area contributed by atoms with Crippen LogP contribution in [-0.2, 0) is 16.1 Å². The summed E-state index contributed by atoms with van der Waals surface area (Å²) in [6.07, 6.45) is 0.0820. The summed E-state index contributed by atoms with van der Waals surface area (Å²) in [5, 5.41) is 2.83. The molecule has 0 atom stereocenters. The van der Waals surface area contributed by atoms with Crippen LogP contribution < -0.4 is 15.0 Å². The van der Waals surface area contributed by atoms with Gasteiger partial charge in [-0.3, -0.25) is 9.59 Å². The molecule has 1 N–H and O–H groups in total. The third-order valence-electron chi connectivity index (χ3n) is 3.53. The van der Waals surface area contributed by atoms with Crippen LogP contribution in [0.15, 0.2) is 54.6 Å². The van der Waals surface area contributed by atoms with Gasteiger partial charge in [-0.15, -0.1) is 0 Å². The van der Waals surface area contributed by atoms with E-state index < -0.39 is 0 Å². The van der Waals surface area contributed by atoms with Crippen molar-refractivity contribution in [3.05, 3.63) is 60.2 Å². The summed E-state index contributed by atoms with van der Waals surface area (Å²) in [7, 11) is 0. The highest BCUT2D eigenvalue weighted by molar-refractivity contribution is 5.97. The van der Waals surface area contributed by atoms with Gasteiger partial charge in [0.15, 0.2) is 0 Å². The SMILES string of the molecule is CC(=O)N(CC(=O)NCc1ccccc1)c1ccc(OC(C)C)cc1. The minimum Gasteiger partial charge on any atom is -0.491 e. The molecular weight excluding hydrogens is 316 g/mol. The third-order valence-corrected chi connectivity index (χ3v) is 3.53. The first kappa shape index (κ1) is 18.5. The number of amides is 2. The van der Waals surface area contributed by atoms with Gasteiger partial charge in [0.2, 0.25) is 11.8 Å². The number of carbonyl (C=O) groups is 2. The molecule has 0 spiro atoms. The van der Waals surface area contributed by atoms with Gasteiger partial charge in [0.1, 0.15) is 12.3 Å². The highest BCUT2D eigenvalue weighted by Gasteiger charge is 2.15. The molecule has 0 bridgehead atoms. The molecule has 5 nitrogen and oxygen atoms in total. The zero-order valence-corrected chi connectivity index (χ0v) is 14.9. The normalized spacial score (nSPS) is 10.4. The molecule has 0 saturated carbocycles. The van der Waals surface area contributed by atoms with Crippen molar-refractivity contribution in [3.8, 4) is 5.75 Å². The van der Waals surface area contributed by atoms with Gasteiger partial charge in [0.25, 0.3) is 0 Å². The van der Waals surface area contributed by atoms with Gasteiger partial charge in [0, 0.05) is 19.2 Å². The van der Waals surface area contributed by atoms with Gasteiger partial charge in [-0.1, -0.05) is 30.3 Å². The van der Waals surface area contributed by atoms with Crippen molar-refractivity contribution >= 4 is 17.5 Å². The van der Waals surface area contributed by atoms with Gasteiger partial charge >= 0.3 is 0 Å². The van der Waals surface area contributed by atoms with E-state index in [1.54, 1.807) is 24.3 Å². The second kappa shape index (κ2) is 8.87. The molecular formula is C20H24N2O3. The van der Waals surface area contributed by atoms with Crippen LogP contribution in [0.5, 0.6) is 5.75 Å². The second-order valence-electron chi connectivity index (χ2n) is 6.03. The highest BCUT2D eigenvalue weighted by Crippen LogP contribution is 2.20. The van der Waals surface area contributed by atoms with E-state index in [4.69, 9.17) is 4.74 Å². The molecule has 0 aliphatic rings. The Balaban J connectivity index is 1.98. The molecule has 5 heteroatoms. The first-order chi connectivity index (χ1) is 12.0. The first-order valence-electron chi connectivity index (χ1n) is 8.31. The summed E-state index contributed by atoms with van der Waals surface area (Å²) in [6.45, 7) is 5.77. The summed E-state index contributed by atoms with van der Waals surface area (Å²) >= 11 is 0. The molecule has 132 valence electrons. The predicted molar refractivity (Wildman–Crippen MR) is 98.5 cm³/mol. The molecule has 25 heavy (non-hydrogen) atoms. The molecule has 2 aromatic carbocycles. The molecule has 2 amide bonds. The maximum Gasteiger partial charge on any atom is 0.240 e. The molecule has 0 aliphatic heterocycles. The van der Waals surface area contributed by atoms with E-state index in [-0.39, 0.29) is 24.5 Å². The molecule has 0 heterocycles. The summed E-state index contributed by atoms with van der Waals surface area (Å²) in [6, 6.07) is 16.8. The van der Waals surface area contributed by atoms with Crippen LogP contribution in [-0.4, -0.2) is 24.5 Å². The number of nitrogens with one attached hydrogen (secondary N) is 1. The Bertz CT molecular complexity index is 697. The Kier molecular flexibility index (Phi) is 6.57. The van der Waals surface area contributed by atoms with Crippen molar-refractivity contribution in [1.82, 2.24) is 5.32 Å². The van der Waals surface area contributed by atoms with Crippen molar-refractivity contribution in [2.45, 2.75) is 33.4 Å². The number of anilines is 1. The average molecular weight is 340 g/mol. The van der Waals surface area contributed by atoms with Gasteiger partial charge in [-0.05, 0) is 43.7 Å². The topological polar surface area (TPSA) is 58.6 Å². The van der Waals surface area contributed by atoms with Gasteiger partial charge in [0.05, 0.1) is 6.10 Å².